The molecule has 27 heavy (non-hydrogen) atoms. The van der Waals surface area contributed by atoms with Gasteiger partial charge in [0.15, 0.2) is 0 Å². The maximum absolute atomic E-state index is 10.3. The molecule has 0 spiro atoms. The van der Waals surface area contributed by atoms with E-state index in [1.807, 2.05) is 31.3 Å². The summed E-state index contributed by atoms with van der Waals surface area (Å²) in [5, 5.41) is 14.5. The molecule has 1 aromatic carbocycles. The molecule has 1 heterocycles. The Balaban J connectivity index is 1.50. The Labute approximate surface area is 171 Å². The maximum Gasteiger partial charge on any atom is 0.131 e. The molecule has 2 N–H and O–H groups in total. The van der Waals surface area contributed by atoms with Crippen LogP contribution in [-0.4, -0.2) is 29.8 Å². The molecule has 148 valence electrons. The molecular weight excluding hydrogens is 383 g/mol. The van der Waals surface area contributed by atoms with E-state index in [9.17, 15) is 5.11 Å². The molecule has 1 unspecified atom stereocenters. The predicted octanol–water partition coefficient (Wildman–Crippen LogP) is 5.10. The van der Waals surface area contributed by atoms with Gasteiger partial charge in [-0.2, -0.15) is 0 Å². The fourth-order valence-corrected chi connectivity index (χ4v) is 3.32. The Hall–Kier alpha value is -1.17. The number of pyridine rings is 1. The lowest BCUT2D eigenvalue weighted by molar-refractivity contribution is 0.130. The van der Waals surface area contributed by atoms with Gasteiger partial charge in [-0.1, -0.05) is 42.1 Å². The van der Waals surface area contributed by atoms with E-state index in [2.05, 4.69) is 10.3 Å². The molecule has 6 heteroatoms. The summed E-state index contributed by atoms with van der Waals surface area (Å²) in [5.41, 5.74) is 2.65. The summed E-state index contributed by atoms with van der Waals surface area (Å²) in [6.07, 6.45) is 6.17. The fourth-order valence-electron chi connectivity index (χ4n) is 2.81. The Bertz CT molecular complexity index is 683. The zero-order valence-corrected chi connectivity index (χ0v) is 17.3. The van der Waals surface area contributed by atoms with Crippen molar-refractivity contribution in [3.63, 3.8) is 0 Å². The van der Waals surface area contributed by atoms with E-state index < -0.39 is 6.23 Å². The number of nitrogens with zero attached hydrogens (tertiary/aromatic N) is 1. The number of aliphatic hydroxyl groups excluding tert-OH is 1. The van der Waals surface area contributed by atoms with E-state index in [0.29, 0.717) is 16.7 Å². The van der Waals surface area contributed by atoms with Gasteiger partial charge in [-0.3, -0.25) is 10.3 Å². The lowest BCUT2D eigenvalue weighted by Crippen LogP contribution is -2.22. The minimum atomic E-state index is -0.754. The summed E-state index contributed by atoms with van der Waals surface area (Å²) in [6, 6.07) is 9.37. The van der Waals surface area contributed by atoms with Crippen LogP contribution in [0.1, 0.15) is 48.7 Å². The first-order valence-corrected chi connectivity index (χ1v) is 10.2. The van der Waals surface area contributed by atoms with E-state index >= 15 is 0 Å². The zero-order chi connectivity index (χ0) is 19.5. The lowest BCUT2D eigenvalue weighted by Gasteiger charge is -2.16. The Morgan fingerprint density at radius 3 is 2.70 bits per heavy atom. The molecule has 0 aliphatic rings. The van der Waals surface area contributed by atoms with Gasteiger partial charge in [-0.15, -0.1) is 0 Å². The van der Waals surface area contributed by atoms with Gasteiger partial charge in [0.1, 0.15) is 6.23 Å². The number of aromatic nitrogens is 1. The molecule has 1 aromatic heterocycles. The van der Waals surface area contributed by atoms with E-state index in [4.69, 9.17) is 27.9 Å². The lowest BCUT2D eigenvalue weighted by atomic mass is 10.1. The van der Waals surface area contributed by atoms with Crippen molar-refractivity contribution in [2.45, 2.75) is 45.3 Å². The molecule has 1 atom stereocenters. The van der Waals surface area contributed by atoms with Crippen LogP contribution in [0.4, 0.5) is 0 Å². The smallest absolute Gasteiger partial charge is 0.131 e. The molecule has 0 amide bonds. The first kappa shape index (κ1) is 22.1. The van der Waals surface area contributed by atoms with Gasteiger partial charge < -0.3 is 9.84 Å². The third-order valence-corrected chi connectivity index (χ3v) is 5.04. The van der Waals surface area contributed by atoms with Crippen molar-refractivity contribution in [3.05, 3.63) is 63.4 Å². The largest absolute Gasteiger partial charge is 0.381 e. The van der Waals surface area contributed by atoms with Crippen LogP contribution >= 0.6 is 23.2 Å². The average molecular weight is 411 g/mol. The first-order valence-electron chi connectivity index (χ1n) is 9.42. The van der Waals surface area contributed by atoms with Crippen LogP contribution in [0.2, 0.25) is 10.0 Å². The minimum absolute atomic E-state index is 0.532. The van der Waals surface area contributed by atoms with Gasteiger partial charge in [0.25, 0.3) is 0 Å². The van der Waals surface area contributed by atoms with Crippen LogP contribution in [0.3, 0.4) is 0 Å². The van der Waals surface area contributed by atoms with Crippen LogP contribution in [-0.2, 0) is 11.2 Å². The number of unbranched alkanes of at least 4 members (excludes halogenated alkanes) is 3. The molecule has 0 bridgehead atoms. The van der Waals surface area contributed by atoms with Crippen LogP contribution in [0.25, 0.3) is 0 Å². The van der Waals surface area contributed by atoms with Gasteiger partial charge in [-0.05, 0) is 56.1 Å². The van der Waals surface area contributed by atoms with Crippen molar-refractivity contribution >= 4 is 23.2 Å². The maximum atomic E-state index is 10.3. The molecule has 0 fully saturated rings. The highest BCUT2D eigenvalue weighted by Gasteiger charge is 2.12. The predicted molar refractivity (Wildman–Crippen MR) is 111 cm³/mol. The standard InChI is InChI=1S/C21H28Cl2N2O2/c1-16-19(14-17(22)15-20(16)23)21(26)25-11-5-2-3-7-12-27-13-9-18-8-4-6-10-24-18/h4,6,8,10,14-15,21,25-26H,2-3,5,7,9,11-13H2,1H3. The second-order valence-corrected chi connectivity index (χ2v) is 7.40. The second kappa shape index (κ2) is 12.3. The third kappa shape index (κ3) is 8.16. The van der Waals surface area contributed by atoms with Crippen molar-refractivity contribution in [3.8, 4) is 0 Å². The number of hydrogen-bond donors (Lipinski definition) is 2. The molecule has 0 aliphatic carbocycles. The molecular formula is C21H28Cl2N2O2. The molecule has 0 aliphatic heterocycles. The first-order chi connectivity index (χ1) is 13.1. The number of halogens is 2. The quantitative estimate of drug-likeness (QED) is 0.377. The second-order valence-electron chi connectivity index (χ2n) is 6.56. The number of benzene rings is 1. The van der Waals surface area contributed by atoms with Gasteiger partial charge in [-0.25, -0.2) is 0 Å². The SMILES string of the molecule is Cc1c(Cl)cc(Cl)cc1C(O)NCCCCCCOCCc1ccccn1. The summed E-state index contributed by atoms with van der Waals surface area (Å²) in [6.45, 7) is 4.12. The monoisotopic (exact) mass is 410 g/mol. The summed E-state index contributed by atoms with van der Waals surface area (Å²) in [4.78, 5) is 4.28. The number of hydrogen-bond acceptors (Lipinski definition) is 4. The Kier molecular flexibility index (Phi) is 10.1. The van der Waals surface area contributed by atoms with Crippen molar-refractivity contribution in [2.24, 2.45) is 0 Å². The van der Waals surface area contributed by atoms with Gasteiger partial charge in [0.05, 0.1) is 6.61 Å². The summed E-state index contributed by atoms with van der Waals surface area (Å²) in [7, 11) is 0. The topological polar surface area (TPSA) is 54.4 Å². The highest BCUT2D eigenvalue weighted by atomic mass is 35.5. The summed E-state index contributed by atoms with van der Waals surface area (Å²) in [5.74, 6) is 0. The van der Waals surface area contributed by atoms with Crippen LogP contribution < -0.4 is 5.32 Å². The van der Waals surface area contributed by atoms with Crippen molar-refractivity contribution < 1.29 is 9.84 Å². The normalized spacial score (nSPS) is 12.3. The average Bonchev–Trinajstić information content (AvgIpc) is 2.66. The number of rotatable bonds is 12. The summed E-state index contributed by atoms with van der Waals surface area (Å²) < 4.78 is 5.66. The molecule has 2 rings (SSSR count). The number of aliphatic hydroxyl groups is 1. The van der Waals surface area contributed by atoms with Gasteiger partial charge >= 0.3 is 0 Å². The highest BCUT2D eigenvalue weighted by molar-refractivity contribution is 6.35. The Morgan fingerprint density at radius 1 is 1.11 bits per heavy atom. The molecule has 0 saturated carbocycles. The summed E-state index contributed by atoms with van der Waals surface area (Å²) >= 11 is 12.1. The fraction of sp³-hybridized carbons (Fsp3) is 0.476. The molecule has 4 nitrogen and oxygen atoms in total. The minimum Gasteiger partial charge on any atom is -0.381 e. The van der Waals surface area contributed by atoms with E-state index in [0.717, 1.165) is 62.1 Å². The van der Waals surface area contributed by atoms with Crippen molar-refractivity contribution in [1.82, 2.24) is 10.3 Å². The third-order valence-electron chi connectivity index (χ3n) is 4.43. The zero-order valence-electron chi connectivity index (χ0n) is 15.8. The van der Waals surface area contributed by atoms with Crippen LogP contribution in [0.15, 0.2) is 36.5 Å². The number of ether oxygens (including phenoxy) is 1. The molecule has 0 radical (unpaired) electrons. The van der Waals surface area contributed by atoms with Gasteiger partial charge in [0, 0.05) is 40.5 Å². The Morgan fingerprint density at radius 2 is 1.93 bits per heavy atom. The van der Waals surface area contributed by atoms with Crippen molar-refractivity contribution in [1.29, 1.82) is 0 Å². The van der Waals surface area contributed by atoms with Crippen LogP contribution in [0.5, 0.6) is 0 Å². The van der Waals surface area contributed by atoms with Gasteiger partial charge in [0.2, 0.25) is 0 Å². The van der Waals surface area contributed by atoms with Crippen LogP contribution in [0, 0.1) is 6.92 Å². The molecule has 0 saturated heterocycles. The van der Waals surface area contributed by atoms with E-state index in [-0.39, 0.29) is 0 Å². The van der Waals surface area contributed by atoms with E-state index in [1.54, 1.807) is 12.1 Å². The number of nitrogens with one attached hydrogen (secondary N) is 1. The van der Waals surface area contributed by atoms with E-state index in [1.165, 1.54) is 0 Å². The highest BCUT2D eigenvalue weighted by Crippen LogP contribution is 2.27. The van der Waals surface area contributed by atoms with Crippen molar-refractivity contribution in [2.75, 3.05) is 19.8 Å². The molecule has 2 aromatic rings.